The first kappa shape index (κ1) is 19.2. The Kier molecular flexibility index (Phi) is 6.35. The molecule has 0 bridgehead atoms. The van der Waals surface area contributed by atoms with Crippen LogP contribution in [0.2, 0.25) is 0 Å². The van der Waals surface area contributed by atoms with E-state index < -0.39 is 0 Å². The second-order valence-corrected chi connectivity index (χ2v) is 6.21. The van der Waals surface area contributed by atoms with Crippen LogP contribution in [0.1, 0.15) is 46.2 Å². The highest BCUT2D eigenvalue weighted by atomic mass is 16.5. The second-order valence-electron chi connectivity index (χ2n) is 6.21. The fourth-order valence-electron chi connectivity index (χ4n) is 3.46. The summed E-state index contributed by atoms with van der Waals surface area (Å²) in [5, 5.41) is 0. The lowest BCUT2D eigenvalue weighted by Gasteiger charge is -2.27. The van der Waals surface area contributed by atoms with Gasteiger partial charge in [-0.15, -0.1) is 0 Å². The topological polar surface area (TPSA) is 15.7 Å². The molecule has 2 aromatic rings. The summed E-state index contributed by atoms with van der Waals surface area (Å²) in [5.41, 5.74) is 5.02. The Morgan fingerprint density at radius 1 is 0.720 bits per heavy atom. The van der Waals surface area contributed by atoms with E-state index in [1.165, 1.54) is 22.5 Å². The van der Waals surface area contributed by atoms with Crippen LogP contribution in [0.15, 0.2) is 36.4 Å². The SMILES string of the molecule is C.CCN(CC)c1ccc2c(c1)Oc1cc(N(CC)CC)ccc1C2. The van der Waals surface area contributed by atoms with Gasteiger partial charge in [-0.3, -0.25) is 0 Å². The van der Waals surface area contributed by atoms with Gasteiger partial charge in [0.05, 0.1) is 0 Å². The van der Waals surface area contributed by atoms with Crippen LogP contribution in [0, 0.1) is 0 Å². The highest BCUT2D eigenvalue weighted by molar-refractivity contribution is 5.61. The molecule has 3 heteroatoms. The minimum Gasteiger partial charge on any atom is -0.457 e. The lowest BCUT2D eigenvalue weighted by molar-refractivity contribution is 0.460. The summed E-state index contributed by atoms with van der Waals surface area (Å²) in [6.07, 6.45) is 0.946. The molecule has 3 rings (SSSR count). The lowest BCUT2D eigenvalue weighted by atomic mass is 9.99. The Bertz CT molecular complexity index is 644. The number of hydrogen-bond acceptors (Lipinski definition) is 3. The van der Waals surface area contributed by atoms with Crippen LogP contribution >= 0.6 is 0 Å². The number of benzene rings is 2. The second kappa shape index (κ2) is 8.28. The van der Waals surface area contributed by atoms with Gasteiger partial charge in [0.25, 0.3) is 0 Å². The predicted octanol–water partition coefficient (Wildman–Crippen LogP) is 5.71. The van der Waals surface area contributed by atoms with Crippen LogP contribution < -0.4 is 14.5 Å². The average molecular weight is 341 g/mol. The van der Waals surface area contributed by atoms with Crippen molar-refractivity contribution in [2.24, 2.45) is 0 Å². The Morgan fingerprint density at radius 3 is 1.48 bits per heavy atom. The van der Waals surface area contributed by atoms with Gasteiger partial charge in [0.1, 0.15) is 11.5 Å². The summed E-state index contributed by atoms with van der Waals surface area (Å²) in [6.45, 7) is 12.8. The molecule has 0 saturated carbocycles. The van der Waals surface area contributed by atoms with Gasteiger partial charge in [-0.05, 0) is 51.0 Å². The quantitative estimate of drug-likeness (QED) is 0.571. The van der Waals surface area contributed by atoms with E-state index in [0.717, 1.165) is 44.1 Å². The summed E-state index contributed by atoms with van der Waals surface area (Å²) in [4.78, 5) is 4.71. The molecule has 1 heterocycles. The van der Waals surface area contributed by atoms with Crippen LogP contribution in [0.25, 0.3) is 0 Å². The molecule has 0 amide bonds. The van der Waals surface area contributed by atoms with E-state index in [1.807, 2.05) is 0 Å². The van der Waals surface area contributed by atoms with Crippen molar-refractivity contribution >= 4 is 11.4 Å². The number of nitrogens with zero attached hydrogens (tertiary/aromatic N) is 2. The molecule has 3 nitrogen and oxygen atoms in total. The summed E-state index contributed by atoms with van der Waals surface area (Å²) in [6, 6.07) is 13.2. The van der Waals surface area contributed by atoms with E-state index in [0.29, 0.717) is 0 Å². The molecule has 0 fully saturated rings. The molecule has 0 N–H and O–H groups in total. The third-order valence-electron chi connectivity index (χ3n) is 4.96. The molecule has 0 spiro atoms. The third kappa shape index (κ3) is 3.76. The van der Waals surface area contributed by atoms with Crippen LogP contribution in [-0.2, 0) is 6.42 Å². The fraction of sp³-hybridized carbons (Fsp3) is 0.455. The van der Waals surface area contributed by atoms with Crippen molar-refractivity contribution in [1.29, 1.82) is 0 Å². The smallest absolute Gasteiger partial charge is 0.133 e. The maximum atomic E-state index is 6.28. The van der Waals surface area contributed by atoms with E-state index >= 15 is 0 Å². The zero-order chi connectivity index (χ0) is 17.1. The van der Waals surface area contributed by atoms with Crippen molar-refractivity contribution in [3.63, 3.8) is 0 Å². The van der Waals surface area contributed by atoms with E-state index in [-0.39, 0.29) is 7.43 Å². The maximum absolute atomic E-state index is 6.28. The molecule has 1 aliphatic heterocycles. The van der Waals surface area contributed by atoms with Crippen molar-refractivity contribution in [2.45, 2.75) is 41.5 Å². The zero-order valence-electron chi connectivity index (χ0n) is 15.3. The van der Waals surface area contributed by atoms with Crippen LogP contribution in [0.3, 0.4) is 0 Å². The molecule has 0 atom stereocenters. The van der Waals surface area contributed by atoms with Gasteiger partial charge in [-0.1, -0.05) is 19.6 Å². The average Bonchev–Trinajstić information content (AvgIpc) is 2.62. The van der Waals surface area contributed by atoms with Crippen LogP contribution in [0.4, 0.5) is 11.4 Å². The summed E-state index contributed by atoms with van der Waals surface area (Å²) in [7, 11) is 0. The molecule has 0 aromatic heterocycles. The lowest BCUT2D eigenvalue weighted by Crippen LogP contribution is -2.22. The van der Waals surface area contributed by atoms with E-state index in [4.69, 9.17) is 4.74 Å². The Labute approximate surface area is 153 Å². The largest absolute Gasteiger partial charge is 0.457 e. The summed E-state index contributed by atoms with van der Waals surface area (Å²) < 4.78 is 6.28. The first-order chi connectivity index (χ1) is 11.7. The van der Waals surface area contributed by atoms with Gasteiger partial charge in [0.15, 0.2) is 0 Å². The standard InChI is InChI=1S/C21H28N2O.CH4/c1-5-22(6-2)18-11-9-16-13-17-10-12-19(23(7-3)8-4)15-21(17)24-20(16)14-18;/h9-12,14-15H,5-8,13H2,1-4H3;1H4. The number of hydrogen-bond donors (Lipinski definition) is 0. The number of ether oxygens (including phenoxy) is 1. The Hall–Kier alpha value is -2.16. The van der Waals surface area contributed by atoms with E-state index in [9.17, 15) is 0 Å². The number of anilines is 2. The van der Waals surface area contributed by atoms with Gasteiger partial charge in [0, 0.05) is 56.1 Å². The highest BCUT2D eigenvalue weighted by Crippen LogP contribution is 2.40. The molecule has 0 radical (unpaired) electrons. The first-order valence-corrected chi connectivity index (χ1v) is 9.13. The molecule has 0 saturated heterocycles. The van der Waals surface area contributed by atoms with Crippen LogP contribution in [0.5, 0.6) is 11.5 Å². The number of fused-ring (bicyclic) bond motifs is 2. The van der Waals surface area contributed by atoms with Gasteiger partial charge >= 0.3 is 0 Å². The Balaban J connectivity index is 0.00000225. The van der Waals surface area contributed by atoms with Crippen molar-refractivity contribution < 1.29 is 4.74 Å². The first-order valence-electron chi connectivity index (χ1n) is 9.13. The van der Waals surface area contributed by atoms with Gasteiger partial charge in [-0.2, -0.15) is 0 Å². The fourth-order valence-corrected chi connectivity index (χ4v) is 3.46. The molecule has 2 aromatic carbocycles. The zero-order valence-corrected chi connectivity index (χ0v) is 15.3. The predicted molar refractivity (Wildman–Crippen MR) is 110 cm³/mol. The van der Waals surface area contributed by atoms with Crippen LogP contribution in [-0.4, -0.2) is 26.2 Å². The van der Waals surface area contributed by atoms with Gasteiger partial charge < -0.3 is 14.5 Å². The van der Waals surface area contributed by atoms with Gasteiger partial charge in [-0.25, -0.2) is 0 Å². The normalized spacial score (nSPS) is 11.7. The minimum absolute atomic E-state index is 0. The molecular weight excluding hydrogens is 308 g/mol. The molecule has 0 aliphatic carbocycles. The highest BCUT2D eigenvalue weighted by Gasteiger charge is 2.19. The van der Waals surface area contributed by atoms with Gasteiger partial charge in [0.2, 0.25) is 0 Å². The molecule has 25 heavy (non-hydrogen) atoms. The monoisotopic (exact) mass is 340 g/mol. The van der Waals surface area contributed by atoms with E-state index in [1.54, 1.807) is 0 Å². The minimum atomic E-state index is 0. The molecule has 0 unspecified atom stereocenters. The van der Waals surface area contributed by atoms with Crippen molar-refractivity contribution in [1.82, 2.24) is 0 Å². The van der Waals surface area contributed by atoms with E-state index in [2.05, 4.69) is 73.9 Å². The molecular formula is C22H32N2O. The summed E-state index contributed by atoms with van der Waals surface area (Å²) in [5.74, 6) is 2.01. The van der Waals surface area contributed by atoms with Crippen molar-refractivity contribution in [3.05, 3.63) is 47.5 Å². The van der Waals surface area contributed by atoms with Crippen molar-refractivity contribution in [3.8, 4) is 11.5 Å². The molecule has 1 aliphatic rings. The summed E-state index contributed by atoms with van der Waals surface area (Å²) >= 11 is 0. The molecule has 136 valence electrons. The third-order valence-corrected chi connectivity index (χ3v) is 4.96. The Morgan fingerprint density at radius 2 is 1.12 bits per heavy atom. The maximum Gasteiger partial charge on any atom is 0.133 e. The van der Waals surface area contributed by atoms with Crippen molar-refractivity contribution in [2.75, 3.05) is 36.0 Å². The number of rotatable bonds is 6.